The van der Waals surface area contributed by atoms with Gasteiger partial charge in [0.05, 0.1) is 22.6 Å². The Bertz CT molecular complexity index is 829. The number of nitrogens with one attached hydrogen (secondary N) is 1. The predicted molar refractivity (Wildman–Crippen MR) is 101 cm³/mol. The minimum Gasteiger partial charge on any atom is -0.343 e. The van der Waals surface area contributed by atoms with Crippen LogP contribution in [0.1, 0.15) is 5.69 Å². The number of nitrogens with zero attached hydrogens (tertiary/aromatic N) is 2. The number of carbonyl (C=O) groups is 1. The fourth-order valence-electron chi connectivity index (χ4n) is 2.30. The Labute approximate surface area is 145 Å². The summed E-state index contributed by atoms with van der Waals surface area (Å²) in [5.74, 6) is -0.183. The molecule has 24 heavy (non-hydrogen) atoms. The summed E-state index contributed by atoms with van der Waals surface area (Å²) in [4.78, 5) is 18.3. The SMILES string of the molecule is CN(c1ccccc1)c1ccccc1NC(=O)/C=C/c1cscn1. The van der Waals surface area contributed by atoms with Crippen LogP contribution in [0, 0.1) is 0 Å². The summed E-state index contributed by atoms with van der Waals surface area (Å²) in [6.45, 7) is 0. The van der Waals surface area contributed by atoms with Crippen LogP contribution in [0.3, 0.4) is 0 Å². The third-order valence-electron chi connectivity index (χ3n) is 3.52. The third kappa shape index (κ3) is 3.88. The summed E-state index contributed by atoms with van der Waals surface area (Å²) in [5.41, 5.74) is 5.26. The number of hydrogen-bond acceptors (Lipinski definition) is 4. The van der Waals surface area contributed by atoms with E-state index in [4.69, 9.17) is 0 Å². The van der Waals surface area contributed by atoms with Crippen molar-refractivity contribution < 1.29 is 4.79 Å². The lowest BCUT2D eigenvalue weighted by molar-refractivity contribution is -0.111. The summed E-state index contributed by atoms with van der Waals surface area (Å²) in [6.07, 6.45) is 3.20. The highest BCUT2D eigenvalue weighted by atomic mass is 32.1. The quantitative estimate of drug-likeness (QED) is 0.695. The Morgan fingerprint density at radius 3 is 2.62 bits per heavy atom. The molecule has 5 heteroatoms. The minimum atomic E-state index is -0.183. The Morgan fingerprint density at radius 1 is 1.12 bits per heavy atom. The zero-order valence-corrected chi connectivity index (χ0v) is 14.0. The van der Waals surface area contributed by atoms with Gasteiger partial charge in [0.2, 0.25) is 5.91 Å². The van der Waals surface area contributed by atoms with Crippen LogP contribution in [0.2, 0.25) is 0 Å². The van der Waals surface area contributed by atoms with E-state index in [1.165, 1.54) is 17.4 Å². The molecular weight excluding hydrogens is 318 g/mol. The molecule has 120 valence electrons. The van der Waals surface area contributed by atoms with Gasteiger partial charge >= 0.3 is 0 Å². The second-order valence-electron chi connectivity index (χ2n) is 5.15. The summed E-state index contributed by atoms with van der Waals surface area (Å²) >= 11 is 1.50. The average molecular weight is 335 g/mol. The Hall–Kier alpha value is -2.92. The fraction of sp³-hybridized carbons (Fsp3) is 0.0526. The summed E-state index contributed by atoms with van der Waals surface area (Å²) in [6, 6.07) is 17.7. The molecule has 1 aromatic heterocycles. The molecule has 4 nitrogen and oxygen atoms in total. The Balaban J connectivity index is 1.78. The molecule has 1 heterocycles. The summed E-state index contributed by atoms with van der Waals surface area (Å²) in [5, 5.41) is 4.82. The standard InChI is InChI=1S/C19H17N3OS/c1-22(16-7-3-2-4-8-16)18-10-6-5-9-17(18)21-19(23)12-11-15-13-24-14-20-15/h2-14H,1H3,(H,21,23)/b12-11+. The molecular formula is C19H17N3OS. The third-order valence-corrected chi connectivity index (χ3v) is 4.13. The second kappa shape index (κ2) is 7.57. The largest absolute Gasteiger partial charge is 0.343 e. The molecule has 3 rings (SSSR count). The number of benzene rings is 2. The van der Waals surface area contributed by atoms with Gasteiger partial charge in [-0.15, -0.1) is 11.3 Å². The van der Waals surface area contributed by atoms with Crippen molar-refractivity contribution in [3.05, 3.63) is 77.3 Å². The maximum atomic E-state index is 12.2. The number of hydrogen-bond donors (Lipinski definition) is 1. The van der Waals surface area contributed by atoms with Gasteiger partial charge in [-0.3, -0.25) is 4.79 Å². The topological polar surface area (TPSA) is 45.2 Å². The van der Waals surface area contributed by atoms with E-state index in [2.05, 4.69) is 10.3 Å². The van der Waals surface area contributed by atoms with E-state index in [1.807, 2.05) is 71.9 Å². The molecule has 3 aromatic rings. The zero-order valence-electron chi connectivity index (χ0n) is 13.2. The van der Waals surface area contributed by atoms with E-state index in [0.29, 0.717) is 0 Å². The van der Waals surface area contributed by atoms with Crippen LogP contribution in [0.25, 0.3) is 6.08 Å². The van der Waals surface area contributed by atoms with Crippen LogP contribution >= 0.6 is 11.3 Å². The lowest BCUT2D eigenvalue weighted by atomic mass is 10.2. The van der Waals surface area contributed by atoms with Crippen LogP contribution < -0.4 is 10.2 Å². The number of amides is 1. The van der Waals surface area contributed by atoms with Crippen molar-refractivity contribution in [2.24, 2.45) is 0 Å². The predicted octanol–water partition coefficient (Wildman–Crippen LogP) is 4.56. The number of aromatic nitrogens is 1. The van der Waals surface area contributed by atoms with Crippen molar-refractivity contribution in [2.45, 2.75) is 0 Å². The van der Waals surface area contributed by atoms with Crippen molar-refractivity contribution in [1.29, 1.82) is 0 Å². The molecule has 0 aliphatic rings. The van der Waals surface area contributed by atoms with Crippen molar-refractivity contribution in [3.8, 4) is 0 Å². The first kappa shape index (κ1) is 16.0. The lowest BCUT2D eigenvalue weighted by Gasteiger charge is -2.22. The monoisotopic (exact) mass is 335 g/mol. The van der Waals surface area contributed by atoms with Gasteiger partial charge in [-0.1, -0.05) is 30.3 Å². The number of rotatable bonds is 5. The van der Waals surface area contributed by atoms with E-state index in [1.54, 1.807) is 11.6 Å². The van der Waals surface area contributed by atoms with Crippen LogP contribution in [0.4, 0.5) is 17.1 Å². The number of carbonyl (C=O) groups excluding carboxylic acids is 1. The highest BCUT2D eigenvalue weighted by molar-refractivity contribution is 7.07. The number of thiazole rings is 1. The number of anilines is 3. The van der Waals surface area contributed by atoms with E-state index >= 15 is 0 Å². The zero-order chi connectivity index (χ0) is 16.8. The van der Waals surface area contributed by atoms with Crippen molar-refractivity contribution >= 4 is 40.4 Å². The van der Waals surface area contributed by atoms with Crippen LogP contribution in [-0.2, 0) is 4.79 Å². The van der Waals surface area contributed by atoms with Gasteiger partial charge < -0.3 is 10.2 Å². The van der Waals surface area contributed by atoms with E-state index in [-0.39, 0.29) is 5.91 Å². The van der Waals surface area contributed by atoms with Crippen molar-refractivity contribution in [3.63, 3.8) is 0 Å². The van der Waals surface area contributed by atoms with Gasteiger partial charge in [-0.25, -0.2) is 4.98 Å². The van der Waals surface area contributed by atoms with Gasteiger partial charge in [-0.2, -0.15) is 0 Å². The average Bonchev–Trinajstić information content (AvgIpc) is 3.14. The molecule has 0 aliphatic carbocycles. The highest BCUT2D eigenvalue weighted by Crippen LogP contribution is 2.30. The molecule has 0 unspecified atom stereocenters. The second-order valence-corrected chi connectivity index (χ2v) is 5.87. The maximum absolute atomic E-state index is 12.2. The smallest absolute Gasteiger partial charge is 0.248 e. The van der Waals surface area contributed by atoms with Gasteiger partial charge in [-0.05, 0) is 30.3 Å². The summed E-state index contributed by atoms with van der Waals surface area (Å²) < 4.78 is 0. The molecule has 0 saturated carbocycles. The van der Waals surface area contributed by atoms with E-state index in [9.17, 15) is 4.79 Å². The molecule has 2 aromatic carbocycles. The number of para-hydroxylation sites is 3. The molecule has 0 fully saturated rings. The van der Waals surface area contributed by atoms with E-state index in [0.717, 1.165) is 22.8 Å². The Kier molecular flexibility index (Phi) is 5.03. The maximum Gasteiger partial charge on any atom is 0.248 e. The van der Waals surface area contributed by atoms with Crippen molar-refractivity contribution in [1.82, 2.24) is 4.98 Å². The van der Waals surface area contributed by atoms with Crippen molar-refractivity contribution in [2.75, 3.05) is 17.3 Å². The molecule has 1 N–H and O–H groups in total. The normalized spacial score (nSPS) is 10.7. The molecule has 0 atom stereocenters. The van der Waals surface area contributed by atoms with Crippen LogP contribution in [0.5, 0.6) is 0 Å². The molecule has 0 spiro atoms. The molecule has 0 radical (unpaired) electrons. The first-order valence-electron chi connectivity index (χ1n) is 7.49. The molecule has 1 amide bonds. The first-order chi connectivity index (χ1) is 11.7. The lowest BCUT2D eigenvalue weighted by Crippen LogP contribution is -2.15. The highest BCUT2D eigenvalue weighted by Gasteiger charge is 2.10. The van der Waals surface area contributed by atoms with Gasteiger partial charge in [0, 0.05) is 24.2 Å². The molecule has 0 saturated heterocycles. The van der Waals surface area contributed by atoms with Gasteiger partial charge in [0.1, 0.15) is 0 Å². The van der Waals surface area contributed by atoms with Crippen LogP contribution in [0.15, 0.2) is 71.6 Å². The van der Waals surface area contributed by atoms with E-state index < -0.39 is 0 Å². The Morgan fingerprint density at radius 2 is 1.88 bits per heavy atom. The van der Waals surface area contributed by atoms with Crippen LogP contribution in [-0.4, -0.2) is 17.9 Å². The molecule has 0 bridgehead atoms. The van der Waals surface area contributed by atoms with Gasteiger partial charge in [0.15, 0.2) is 0 Å². The molecule has 0 aliphatic heterocycles. The summed E-state index contributed by atoms with van der Waals surface area (Å²) in [7, 11) is 1.98. The first-order valence-corrected chi connectivity index (χ1v) is 8.43. The minimum absolute atomic E-state index is 0.183. The van der Waals surface area contributed by atoms with Gasteiger partial charge in [0.25, 0.3) is 0 Å². The fourth-order valence-corrected chi connectivity index (χ4v) is 2.82.